The monoisotopic (exact) mass is 359 g/mol. The molecular formula is C17H14ClN3O2S. The number of anilines is 2. The number of carbonyl (C=O) groups is 2. The van der Waals surface area contributed by atoms with E-state index >= 15 is 0 Å². The second-order valence-electron chi connectivity index (χ2n) is 4.85. The topological polar surface area (TPSA) is 82.0 Å². The molecule has 2 amide bonds. The SMILES string of the molecule is CC(=O)Nc1ccc(SCC(=O)Nc2ccc(C#N)c(Cl)c2)cc1. The Morgan fingerprint density at radius 3 is 2.38 bits per heavy atom. The molecule has 0 aliphatic rings. The summed E-state index contributed by atoms with van der Waals surface area (Å²) in [6, 6.07) is 13.9. The highest BCUT2D eigenvalue weighted by atomic mass is 35.5. The predicted molar refractivity (Wildman–Crippen MR) is 96.3 cm³/mol. The van der Waals surface area contributed by atoms with Crippen LogP contribution in [0.25, 0.3) is 0 Å². The molecule has 122 valence electrons. The van der Waals surface area contributed by atoms with Crippen molar-refractivity contribution in [3.8, 4) is 6.07 Å². The number of thioether (sulfide) groups is 1. The summed E-state index contributed by atoms with van der Waals surface area (Å²) in [5, 5.41) is 14.5. The number of halogens is 1. The minimum absolute atomic E-state index is 0.129. The largest absolute Gasteiger partial charge is 0.326 e. The lowest BCUT2D eigenvalue weighted by molar-refractivity contribution is -0.114. The maximum absolute atomic E-state index is 12.0. The highest BCUT2D eigenvalue weighted by Crippen LogP contribution is 2.22. The summed E-state index contributed by atoms with van der Waals surface area (Å²) in [5.74, 6) is -0.0699. The van der Waals surface area contributed by atoms with Crippen LogP contribution in [0, 0.1) is 11.3 Å². The van der Waals surface area contributed by atoms with Crippen LogP contribution in [-0.4, -0.2) is 17.6 Å². The first-order chi connectivity index (χ1) is 11.5. The molecule has 0 unspecified atom stereocenters. The number of amides is 2. The zero-order valence-corrected chi connectivity index (χ0v) is 14.4. The Bertz CT molecular complexity index is 800. The van der Waals surface area contributed by atoms with Gasteiger partial charge < -0.3 is 10.6 Å². The lowest BCUT2D eigenvalue weighted by Crippen LogP contribution is -2.14. The first kappa shape index (κ1) is 17.9. The second-order valence-corrected chi connectivity index (χ2v) is 6.30. The predicted octanol–water partition coefficient (Wildman–Crippen LogP) is 3.90. The van der Waals surface area contributed by atoms with Crippen molar-refractivity contribution < 1.29 is 9.59 Å². The average molecular weight is 360 g/mol. The fourth-order valence-electron chi connectivity index (χ4n) is 1.87. The number of carbonyl (C=O) groups excluding carboxylic acids is 2. The molecule has 0 aliphatic carbocycles. The molecule has 7 heteroatoms. The number of hydrogen-bond acceptors (Lipinski definition) is 4. The van der Waals surface area contributed by atoms with E-state index < -0.39 is 0 Å². The lowest BCUT2D eigenvalue weighted by atomic mass is 10.2. The molecule has 2 N–H and O–H groups in total. The molecule has 0 saturated carbocycles. The summed E-state index contributed by atoms with van der Waals surface area (Å²) < 4.78 is 0. The molecule has 0 heterocycles. The third-order valence-corrected chi connectivity index (χ3v) is 4.24. The Morgan fingerprint density at radius 2 is 1.79 bits per heavy atom. The van der Waals surface area contributed by atoms with E-state index in [4.69, 9.17) is 16.9 Å². The molecule has 0 atom stereocenters. The van der Waals surface area contributed by atoms with E-state index in [1.54, 1.807) is 30.3 Å². The van der Waals surface area contributed by atoms with Crippen LogP contribution < -0.4 is 10.6 Å². The third-order valence-electron chi connectivity index (χ3n) is 2.92. The van der Waals surface area contributed by atoms with Gasteiger partial charge in [-0.1, -0.05) is 11.6 Å². The van der Waals surface area contributed by atoms with Gasteiger partial charge in [0.05, 0.1) is 16.3 Å². The molecule has 24 heavy (non-hydrogen) atoms. The third kappa shape index (κ3) is 5.30. The molecule has 0 spiro atoms. The molecular weight excluding hydrogens is 346 g/mol. The van der Waals surface area contributed by atoms with Crippen LogP contribution in [0.15, 0.2) is 47.4 Å². The van der Waals surface area contributed by atoms with E-state index in [1.807, 2.05) is 18.2 Å². The van der Waals surface area contributed by atoms with Gasteiger partial charge in [-0.05, 0) is 42.5 Å². The van der Waals surface area contributed by atoms with Crippen LogP contribution in [0.3, 0.4) is 0 Å². The molecule has 2 rings (SSSR count). The van der Waals surface area contributed by atoms with E-state index in [9.17, 15) is 9.59 Å². The van der Waals surface area contributed by atoms with E-state index in [0.717, 1.165) is 4.90 Å². The van der Waals surface area contributed by atoms with Gasteiger partial charge in [0.25, 0.3) is 0 Å². The fraction of sp³-hybridized carbons (Fsp3) is 0.118. The maximum Gasteiger partial charge on any atom is 0.234 e. The zero-order valence-electron chi connectivity index (χ0n) is 12.8. The molecule has 0 radical (unpaired) electrons. The van der Waals surface area contributed by atoms with Crippen LogP contribution in [0.5, 0.6) is 0 Å². The Labute approximate surface area is 149 Å². The fourth-order valence-corrected chi connectivity index (χ4v) is 2.79. The van der Waals surface area contributed by atoms with Gasteiger partial charge in [-0.15, -0.1) is 11.8 Å². The average Bonchev–Trinajstić information content (AvgIpc) is 2.54. The Kier molecular flexibility index (Phi) is 6.24. The molecule has 0 aliphatic heterocycles. The quantitative estimate of drug-likeness (QED) is 0.793. The van der Waals surface area contributed by atoms with Gasteiger partial charge in [-0.2, -0.15) is 5.26 Å². The van der Waals surface area contributed by atoms with Crippen LogP contribution in [0.4, 0.5) is 11.4 Å². The number of hydrogen-bond donors (Lipinski definition) is 2. The highest BCUT2D eigenvalue weighted by molar-refractivity contribution is 8.00. The zero-order chi connectivity index (χ0) is 17.5. The van der Waals surface area contributed by atoms with Gasteiger partial charge >= 0.3 is 0 Å². The van der Waals surface area contributed by atoms with Gasteiger partial charge in [-0.3, -0.25) is 9.59 Å². The van der Waals surface area contributed by atoms with Crippen LogP contribution in [0.1, 0.15) is 12.5 Å². The summed E-state index contributed by atoms with van der Waals surface area (Å²) >= 11 is 7.30. The number of benzene rings is 2. The minimum atomic E-state index is -0.174. The first-order valence-electron chi connectivity index (χ1n) is 6.98. The number of nitrogens with zero attached hydrogens (tertiary/aromatic N) is 1. The smallest absolute Gasteiger partial charge is 0.234 e. The Morgan fingerprint density at radius 1 is 1.12 bits per heavy atom. The second kappa shape index (κ2) is 8.39. The minimum Gasteiger partial charge on any atom is -0.326 e. The van der Waals surface area contributed by atoms with Crippen molar-refractivity contribution in [2.45, 2.75) is 11.8 Å². The summed E-state index contributed by atoms with van der Waals surface area (Å²) in [6.45, 7) is 1.45. The number of nitriles is 1. The van der Waals surface area contributed by atoms with E-state index in [-0.39, 0.29) is 17.6 Å². The molecule has 0 bridgehead atoms. The van der Waals surface area contributed by atoms with Crippen molar-refractivity contribution in [1.82, 2.24) is 0 Å². The summed E-state index contributed by atoms with van der Waals surface area (Å²) in [7, 11) is 0. The van der Waals surface area contributed by atoms with Gasteiger partial charge in [0, 0.05) is 23.2 Å². The normalized spacial score (nSPS) is 9.88. The number of rotatable bonds is 5. The molecule has 0 saturated heterocycles. The maximum atomic E-state index is 12.0. The van der Waals surface area contributed by atoms with Crippen molar-refractivity contribution >= 4 is 46.6 Å². The van der Waals surface area contributed by atoms with E-state index in [0.29, 0.717) is 22.0 Å². The number of nitrogens with one attached hydrogen (secondary N) is 2. The van der Waals surface area contributed by atoms with Crippen molar-refractivity contribution in [3.05, 3.63) is 53.1 Å². The lowest BCUT2D eigenvalue weighted by Gasteiger charge is -2.07. The summed E-state index contributed by atoms with van der Waals surface area (Å²) in [6.07, 6.45) is 0. The van der Waals surface area contributed by atoms with Crippen LogP contribution in [0.2, 0.25) is 5.02 Å². The van der Waals surface area contributed by atoms with Gasteiger partial charge in [0.2, 0.25) is 11.8 Å². The standard InChI is InChI=1S/C17H14ClN3O2S/c1-11(22)20-13-4-6-15(7-5-13)24-10-17(23)21-14-3-2-12(9-19)16(18)8-14/h2-8H,10H2,1H3,(H,20,22)(H,21,23). The molecule has 0 fully saturated rings. The van der Waals surface area contributed by atoms with Crippen molar-refractivity contribution in [3.63, 3.8) is 0 Å². The van der Waals surface area contributed by atoms with Crippen molar-refractivity contribution in [1.29, 1.82) is 5.26 Å². The van der Waals surface area contributed by atoms with E-state index in [2.05, 4.69) is 10.6 Å². The van der Waals surface area contributed by atoms with E-state index in [1.165, 1.54) is 18.7 Å². The molecule has 0 aromatic heterocycles. The Balaban J connectivity index is 1.88. The van der Waals surface area contributed by atoms with Crippen LogP contribution in [-0.2, 0) is 9.59 Å². The van der Waals surface area contributed by atoms with Gasteiger partial charge in [0.15, 0.2) is 0 Å². The van der Waals surface area contributed by atoms with Gasteiger partial charge in [0.1, 0.15) is 6.07 Å². The van der Waals surface area contributed by atoms with Gasteiger partial charge in [-0.25, -0.2) is 0 Å². The molecule has 2 aromatic carbocycles. The first-order valence-corrected chi connectivity index (χ1v) is 8.34. The van der Waals surface area contributed by atoms with Crippen molar-refractivity contribution in [2.75, 3.05) is 16.4 Å². The highest BCUT2D eigenvalue weighted by Gasteiger charge is 2.06. The van der Waals surface area contributed by atoms with Crippen LogP contribution >= 0.6 is 23.4 Å². The van der Waals surface area contributed by atoms with Crippen molar-refractivity contribution in [2.24, 2.45) is 0 Å². The molecule has 5 nitrogen and oxygen atoms in total. The summed E-state index contributed by atoms with van der Waals surface area (Å²) in [4.78, 5) is 23.8. The summed E-state index contributed by atoms with van der Waals surface area (Å²) in [5.41, 5.74) is 1.62. The Hall–Kier alpha value is -2.49. The molecule has 2 aromatic rings.